The molecule has 2 heterocycles. The van der Waals surface area contributed by atoms with Gasteiger partial charge >= 0.3 is 6.09 Å². The Morgan fingerprint density at radius 2 is 2.10 bits per heavy atom. The van der Waals surface area contributed by atoms with Crippen LogP contribution in [0.25, 0.3) is 0 Å². The zero-order valence-corrected chi connectivity index (χ0v) is 12.4. The zero-order valence-electron chi connectivity index (χ0n) is 12.4. The first kappa shape index (κ1) is 14.8. The summed E-state index contributed by atoms with van der Waals surface area (Å²) in [5.41, 5.74) is -0.688. The van der Waals surface area contributed by atoms with E-state index in [2.05, 4.69) is 16.9 Å². The van der Waals surface area contributed by atoms with Crippen LogP contribution in [0.2, 0.25) is 0 Å². The molecule has 0 atom stereocenters. The average molecular weight is 291 g/mol. The second-order valence-electron chi connectivity index (χ2n) is 5.18. The molecule has 1 aliphatic heterocycles. The predicted molar refractivity (Wildman–Crippen MR) is 77.3 cm³/mol. The molecule has 7 nitrogen and oxygen atoms in total. The number of rotatable bonds is 2. The van der Waals surface area contributed by atoms with Crippen molar-refractivity contribution in [3.05, 3.63) is 24.5 Å². The van der Waals surface area contributed by atoms with Crippen LogP contribution in [0.4, 0.5) is 16.3 Å². The van der Waals surface area contributed by atoms with E-state index in [1.165, 1.54) is 14.0 Å². The molecule has 0 saturated carbocycles. The van der Waals surface area contributed by atoms with Crippen LogP contribution in [0.3, 0.4) is 0 Å². The zero-order chi connectivity index (χ0) is 15.8. The smallest absolute Gasteiger partial charge is 0.426 e. The van der Waals surface area contributed by atoms with Crippen LogP contribution < -0.4 is 15.0 Å². The summed E-state index contributed by atoms with van der Waals surface area (Å²) in [5.74, 6) is 0.512. The average Bonchev–Trinajstić information content (AvgIpc) is 2.38. The number of ether oxygens (including phenoxy) is 2. The van der Waals surface area contributed by atoms with Crippen LogP contribution >= 0.6 is 0 Å². The summed E-state index contributed by atoms with van der Waals surface area (Å²) in [6.45, 7) is 8.34. The quantitative estimate of drug-likeness (QED) is 0.842. The van der Waals surface area contributed by atoms with Crippen molar-refractivity contribution >= 4 is 23.5 Å². The van der Waals surface area contributed by atoms with Crippen molar-refractivity contribution in [2.24, 2.45) is 0 Å². The van der Waals surface area contributed by atoms with Crippen molar-refractivity contribution in [2.45, 2.75) is 26.3 Å². The van der Waals surface area contributed by atoms with Gasteiger partial charge in [0.05, 0.1) is 18.6 Å². The number of aromatic nitrogens is 1. The van der Waals surface area contributed by atoms with E-state index in [1.54, 1.807) is 26.0 Å². The molecule has 2 amide bonds. The van der Waals surface area contributed by atoms with Gasteiger partial charge in [-0.2, -0.15) is 4.98 Å². The van der Waals surface area contributed by atoms with E-state index in [9.17, 15) is 9.59 Å². The van der Waals surface area contributed by atoms with E-state index < -0.39 is 17.5 Å². The van der Waals surface area contributed by atoms with Gasteiger partial charge in [0.25, 0.3) is 5.91 Å². The Balaban J connectivity index is 2.51. The van der Waals surface area contributed by atoms with Crippen molar-refractivity contribution in [2.75, 3.05) is 17.3 Å². The highest BCUT2D eigenvalue weighted by Crippen LogP contribution is 2.35. The Labute approximate surface area is 122 Å². The van der Waals surface area contributed by atoms with Gasteiger partial charge in [-0.25, -0.2) is 9.69 Å². The van der Waals surface area contributed by atoms with Gasteiger partial charge in [-0.3, -0.25) is 4.79 Å². The highest BCUT2D eigenvalue weighted by Gasteiger charge is 2.43. The van der Waals surface area contributed by atoms with Crippen LogP contribution in [-0.2, 0) is 9.53 Å². The maximum atomic E-state index is 12.5. The topological polar surface area (TPSA) is 80.8 Å². The van der Waals surface area contributed by atoms with E-state index >= 15 is 0 Å². The SMILES string of the molecule is C=C(C)OC(=O)N1C(=O)C(C)(C)Nc2nc(OC)ccc21. The minimum atomic E-state index is -1.000. The van der Waals surface area contributed by atoms with Gasteiger partial charge in [-0.1, -0.05) is 6.58 Å². The van der Waals surface area contributed by atoms with E-state index in [-0.39, 0.29) is 5.76 Å². The van der Waals surface area contributed by atoms with E-state index in [1.807, 2.05) is 0 Å². The maximum absolute atomic E-state index is 12.5. The van der Waals surface area contributed by atoms with Crippen molar-refractivity contribution < 1.29 is 19.1 Å². The predicted octanol–water partition coefficient (Wildman–Crippen LogP) is 2.30. The fourth-order valence-corrected chi connectivity index (χ4v) is 1.93. The molecule has 0 aromatic carbocycles. The highest BCUT2D eigenvalue weighted by molar-refractivity contribution is 6.20. The molecule has 21 heavy (non-hydrogen) atoms. The van der Waals surface area contributed by atoms with Crippen molar-refractivity contribution in [1.82, 2.24) is 4.98 Å². The Hall–Kier alpha value is -2.57. The fourth-order valence-electron chi connectivity index (χ4n) is 1.93. The van der Waals surface area contributed by atoms with Crippen molar-refractivity contribution in [3.63, 3.8) is 0 Å². The number of hydrogen-bond donors (Lipinski definition) is 1. The molecule has 112 valence electrons. The third-order valence-electron chi connectivity index (χ3n) is 2.91. The third kappa shape index (κ3) is 2.67. The number of nitrogens with one attached hydrogen (secondary N) is 1. The molecule has 0 radical (unpaired) electrons. The van der Waals surface area contributed by atoms with Crippen LogP contribution in [-0.4, -0.2) is 29.6 Å². The van der Waals surface area contributed by atoms with Crippen LogP contribution in [0.1, 0.15) is 20.8 Å². The number of fused-ring (bicyclic) bond motifs is 1. The molecule has 1 aromatic heterocycles. The third-order valence-corrected chi connectivity index (χ3v) is 2.91. The summed E-state index contributed by atoms with van der Waals surface area (Å²) >= 11 is 0. The highest BCUT2D eigenvalue weighted by atomic mass is 16.6. The number of carbonyl (C=O) groups excluding carboxylic acids is 2. The molecule has 1 aliphatic rings. The number of amides is 2. The standard InChI is InChI=1S/C14H17N3O4/c1-8(2)21-13(19)17-9-6-7-10(20-5)15-11(9)16-14(3,4)12(17)18/h6-7H,1H2,2-5H3,(H,15,16). The molecular formula is C14H17N3O4. The molecule has 0 aliphatic carbocycles. The van der Waals surface area contributed by atoms with Crippen molar-refractivity contribution in [1.29, 1.82) is 0 Å². The van der Waals surface area contributed by atoms with E-state index in [0.717, 1.165) is 4.90 Å². The molecule has 0 spiro atoms. The number of hydrogen-bond acceptors (Lipinski definition) is 6. The molecule has 0 bridgehead atoms. The molecule has 7 heteroatoms. The lowest BCUT2D eigenvalue weighted by molar-refractivity contribution is -0.121. The number of nitrogens with zero attached hydrogens (tertiary/aromatic N) is 2. The van der Waals surface area contributed by atoms with Crippen LogP contribution in [0.15, 0.2) is 24.5 Å². The molecule has 0 unspecified atom stereocenters. The van der Waals surface area contributed by atoms with Gasteiger partial charge in [-0.15, -0.1) is 0 Å². The lowest BCUT2D eigenvalue weighted by Crippen LogP contribution is -2.56. The Morgan fingerprint density at radius 1 is 1.43 bits per heavy atom. The first-order valence-corrected chi connectivity index (χ1v) is 6.31. The molecule has 0 saturated heterocycles. The van der Waals surface area contributed by atoms with Gasteiger partial charge in [0.1, 0.15) is 5.54 Å². The monoisotopic (exact) mass is 291 g/mol. The Morgan fingerprint density at radius 3 is 2.67 bits per heavy atom. The summed E-state index contributed by atoms with van der Waals surface area (Å²) in [7, 11) is 1.49. The van der Waals surface area contributed by atoms with Gasteiger partial charge in [-0.05, 0) is 26.8 Å². The van der Waals surface area contributed by atoms with Crippen LogP contribution in [0, 0.1) is 0 Å². The van der Waals surface area contributed by atoms with Gasteiger partial charge in [0.15, 0.2) is 5.82 Å². The van der Waals surface area contributed by atoms with Gasteiger partial charge in [0, 0.05) is 6.07 Å². The second-order valence-corrected chi connectivity index (χ2v) is 5.18. The lowest BCUT2D eigenvalue weighted by atomic mass is 10.00. The summed E-state index contributed by atoms with van der Waals surface area (Å²) in [4.78, 5) is 29.8. The number of methoxy groups -OCH3 is 1. The summed E-state index contributed by atoms with van der Waals surface area (Å²) in [6.07, 6.45) is -0.810. The van der Waals surface area contributed by atoms with Gasteiger partial charge in [0.2, 0.25) is 5.88 Å². The molecule has 0 fully saturated rings. The normalized spacial score (nSPS) is 15.8. The number of carbonyl (C=O) groups is 2. The Bertz CT molecular complexity index is 625. The first-order valence-electron chi connectivity index (χ1n) is 6.31. The molecule has 1 N–H and O–H groups in total. The molecule has 1 aromatic rings. The number of imide groups is 1. The lowest BCUT2D eigenvalue weighted by Gasteiger charge is -2.37. The number of pyridine rings is 1. The van der Waals surface area contributed by atoms with E-state index in [4.69, 9.17) is 9.47 Å². The van der Waals surface area contributed by atoms with E-state index in [0.29, 0.717) is 17.4 Å². The Kier molecular flexibility index (Phi) is 3.59. The summed E-state index contributed by atoms with van der Waals surface area (Å²) in [6, 6.07) is 3.13. The minimum absolute atomic E-state index is 0.201. The summed E-state index contributed by atoms with van der Waals surface area (Å²) < 4.78 is 10.0. The fraction of sp³-hybridized carbons (Fsp3) is 0.357. The van der Waals surface area contributed by atoms with Gasteiger partial charge < -0.3 is 14.8 Å². The first-order chi connectivity index (χ1) is 9.76. The minimum Gasteiger partial charge on any atom is -0.481 e. The molecule has 2 rings (SSSR count). The number of allylic oxidation sites excluding steroid dienone is 1. The van der Waals surface area contributed by atoms with Crippen molar-refractivity contribution in [3.8, 4) is 5.88 Å². The number of anilines is 2. The largest absolute Gasteiger partial charge is 0.481 e. The summed E-state index contributed by atoms with van der Waals surface area (Å²) in [5, 5.41) is 2.99. The second kappa shape index (κ2) is 5.08. The molecular weight excluding hydrogens is 274 g/mol. The maximum Gasteiger partial charge on any atom is 0.426 e. The van der Waals surface area contributed by atoms with Crippen LogP contribution in [0.5, 0.6) is 5.88 Å².